The Labute approximate surface area is 185 Å². The summed E-state index contributed by atoms with van der Waals surface area (Å²) >= 11 is 5.99. The van der Waals surface area contributed by atoms with E-state index in [2.05, 4.69) is 15.4 Å². The molecule has 2 aromatic carbocycles. The zero-order chi connectivity index (χ0) is 22.2. The third-order valence-electron chi connectivity index (χ3n) is 4.60. The predicted molar refractivity (Wildman–Crippen MR) is 114 cm³/mol. The molecule has 0 aliphatic carbocycles. The number of nitrogens with zero attached hydrogens (tertiary/aromatic N) is 3. The van der Waals surface area contributed by atoms with E-state index in [1.807, 2.05) is 0 Å². The summed E-state index contributed by atoms with van der Waals surface area (Å²) in [5.74, 6) is -0.0244. The number of carbonyl (C=O) groups excluding carboxylic acids is 2. The topological polar surface area (TPSA) is 95.3 Å². The summed E-state index contributed by atoms with van der Waals surface area (Å²) in [7, 11) is 1.57. The normalized spacial score (nSPS) is 12.6. The van der Waals surface area contributed by atoms with Gasteiger partial charge >= 0.3 is 5.97 Å². The molecule has 3 rings (SSSR count). The second-order valence-corrected chi connectivity index (χ2v) is 7.31. The molecule has 0 fully saturated rings. The van der Waals surface area contributed by atoms with Crippen molar-refractivity contribution in [2.45, 2.75) is 32.0 Å². The Morgan fingerprint density at radius 2 is 1.77 bits per heavy atom. The van der Waals surface area contributed by atoms with E-state index in [4.69, 9.17) is 21.1 Å². The highest BCUT2D eigenvalue weighted by Crippen LogP contribution is 2.25. The molecule has 0 aliphatic heterocycles. The predicted octanol–water partition coefficient (Wildman–Crippen LogP) is 3.49. The number of methoxy groups -OCH3 is 1. The van der Waals surface area contributed by atoms with Gasteiger partial charge in [-0.15, -0.1) is 0 Å². The van der Waals surface area contributed by atoms with Crippen molar-refractivity contribution in [2.75, 3.05) is 7.11 Å². The Morgan fingerprint density at radius 3 is 2.35 bits per heavy atom. The summed E-state index contributed by atoms with van der Waals surface area (Å²) in [5.41, 5.74) is 1.54. The Morgan fingerprint density at radius 1 is 1.10 bits per heavy atom. The monoisotopic (exact) mass is 442 g/mol. The number of hydrogen-bond acceptors (Lipinski definition) is 6. The molecule has 1 heterocycles. The standard InChI is InChI=1S/C22H23ClN4O4/c1-15(28)26-20(16-5-9-19(30-2)10-6-16)11-22(29)31-21(12-27-14-24-13-25-27)17-3-7-18(23)8-4-17/h3-10,13-14,20-21H,11-12H2,1-2H3,(H,26,28). The Hall–Kier alpha value is -3.39. The van der Waals surface area contributed by atoms with E-state index in [0.29, 0.717) is 17.3 Å². The molecule has 1 N–H and O–H groups in total. The van der Waals surface area contributed by atoms with Gasteiger partial charge in [-0.25, -0.2) is 9.67 Å². The molecule has 0 saturated carbocycles. The van der Waals surface area contributed by atoms with Crippen LogP contribution in [-0.4, -0.2) is 33.8 Å². The van der Waals surface area contributed by atoms with Crippen molar-refractivity contribution < 1.29 is 19.1 Å². The van der Waals surface area contributed by atoms with Crippen LogP contribution in [0.1, 0.15) is 36.6 Å². The summed E-state index contributed by atoms with van der Waals surface area (Å²) in [5, 5.41) is 7.48. The SMILES string of the molecule is COc1ccc(C(CC(=O)OC(Cn2cncn2)c2ccc(Cl)cc2)NC(C)=O)cc1. The van der Waals surface area contributed by atoms with Crippen LogP contribution in [0.2, 0.25) is 5.02 Å². The third kappa shape index (κ3) is 6.55. The molecular weight excluding hydrogens is 420 g/mol. The van der Waals surface area contributed by atoms with E-state index in [9.17, 15) is 9.59 Å². The van der Waals surface area contributed by atoms with Crippen LogP contribution in [0.4, 0.5) is 0 Å². The number of ether oxygens (including phenoxy) is 2. The summed E-state index contributed by atoms with van der Waals surface area (Å²) in [4.78, 5) is 28.5. The van der Waals surface area contributed by atoms with Gasteiger partial charge < -0.3 is 14.8 Å². The van der Waals surface area contributed by atoms with Gasteiger partial charge in [0.05, 0.1) is 26.1 Å². The lowest BCUT2D eigenvalue weighted by Crippen LogP contribution is -2.29. The second-order valence-electron chi connectivity index (χ2n) is 6.88. The Kier molecular flexibility index (Phi) is 7.61. The number of nitrogens with one attached hydrogen (secondary N) is 1. The van der Waals surface area contributed by atoms with Gasteiger partial charge in [-0.1, -0.05) is 35.9 Å². The first-order chi connectivity index (χ1) is 14.9. The van der Waals surface area contributed by atoms with Crippen LogP contribution in [-0.2, 0) is 20.9 Å². The van der Waals surface area contributed by atoms with Crippen molar-refractivity contribution in [3.63, 3.8) is 0 Å². The van der Waals surface area contributed by atoms with Crippen molar-refractivity contribution in [3.8, 4) is 5.75 Å². The second kappa shape index (κ2) is 10.6. The first-order valence-electron chi connectivity index (χ1n) is 9.63. The number of carbonyl (C=O) groups is 2. The largest absolute Gasteiger partial charge is 0.497 e. The van der Waals surface area contributed by atoms with E-state index in [0.717, 1.165) is 11.1 Å². The average molecular weight is 443 g/mol. The highest BCUT2D eigenvalue weighted by Gasteiger charge is 2.23. The number of esters is 1. The van der Waals surface area contributed by atoms with Crippen LogP contribution < -0.4 is 10.1 Å². The van der Waals surface area contributed by atoms with Gasteiger partial charge in [0.1, 0.15) is 24.5 Å². The van der Waals surface area contributed by atoms with Gasteiger partial charge in [0.2, 0.25) is 5.91 Å². The lowest BCUT2D eigenvalue weighted by Gasteiger charge is -2.22. The molecule has 9 heteroatoms. The van der Waals surface area contributed by atoms with Gasteiger partial charge in [0.25, 0.3) is 0 Å². The maximum atomic E-state index is 12.8. The number of benzene rings is 2. The minimum absolute atomic E-state index is 0.0344. The summed E-state index contributed by atoms with van der Waals surface area (Å²) in [6.07, 6.45) is 2.33. The number of hydrogen-bond donors (Lipinski definition) is 1. The van der Waals surface area contributed by atoms with E-state index >= 15 is 0 Å². The van der Waals surface area contributed by atoms with Crippen LogP contribution in [0.15, 0.2) is 61.2 Å². The highest BCUT2D eigenvalue weighted by atomic mass is 35.5. The summed E-state index contributed by atoms with van der Waals surface area (Å²) < 4.78 is 12.5. The van der Waals surface area contributed by atoms with E-state index in [-0.39, 0.29) is 12.3 Å². The molecular formula is C22H23ClN4O4. The number of amides is 1. The molecule has 2 atom stereocenters. The fraction of sp³-hybridized carbons (Fsp3) is 0.273. The van der Waals surface area contributed by atoms with E-state index in [1.54, 1.807) is 66.6 Å². The smallest absolute Gasteiger partial charge is 0.308 e. The lowest BCUT2D eigenvalue weighted by molar-refractivity contribution is -0.151. The Balaban J connectivity index is 1.76. The fourth-order valence-electron chi connectivity index (χ4n) is 3.09. The molecule has 1 aromatic heterocycles. The van der Waals surface area contributed by atoms with Crippen molar-refractivity contribution in [3.05, 3.63) is 77.3 Å². The van der Waals surface area contributed by atoms with Crippen LogP contribution >= 0.6 is 11.6 Å². The maximum Gasteiger partial charge on any atom is 0.308 e. The van der Waals surface area contributed by atoms with Crippen LogP contribution in [0.25, 0.3) is 0 Å². The van der Waals surface area contributed by atoms with Crippen molar-refractivity contribution in [1.29, 1.82) is 0 Å². The first-order valence-corrected chi connectivity index (χ1v) is 10.0. The molecule has 162 valence electrons. The molecule has 0 spiro atoms. The van der Waals surface area contributed by atoms with Crippen LogP contribution in [0, 0.1) is 0 Å². The maximum absolute atomic E-state index is 12.8. The van der Waals surface area contributed by atoms with Crippen LogP contribution in [0.3, 0.4) is 0 Å². The minimum Gasteiger partial charge on any atom is -0.497 e. The lowest BCUT2D eigenvalue weighted by atomic mass is 10.0. The van der Waals surface area contributed by atoms with Crippen molar-refractivity contribution in [1.82, 2.24) is 20.1 Å². The summed E-state index contributed by atoms with van der Waals surface area (Å²) in [6.45, 7) is 1.70. The highest BCUT2D eigenvalue weighted by molar-refractivity contribution is 6.30. The number of aromatic nitrogens is 3. The number of rotatable bonds is 9. The molecule has 0 aliphatic rings. The molecule has 3 aromatic rings. The van der Waals surface area contributed by atoms with E-state index < -0.39 is 18.1 Å². The molecule has 8 nitrogen and oxygen atoms in total. The summed E-state index contributed by atoms with van der Waals surface area (Å²) in [6, 6.07) is 13.7. The molecule has 0 radical (unpaired) electrons. The van der Waals surface area contributed by atoms with Crippen molar-refractivity contribution in [2.24, 2.45) is 0 Å². The van der Waals surface area contributed by atoms with Crippen molar-refractivity contribution >= 4 is 23.5 Å². The van der Waals surface area contributed by atoms with Crippen LogP contribution in [0.5, 0.6) is 5.75 Å². The average Bonchev–Trinajstić information content (AvgIpc) is 3.26. The van der Waals surface area contributed by atoms with Gasteiger partial charge in [0.15, 0.2) is 0 Å². The van der Waals surface area contributed by atoms with Gasteiger partial charge in [-0.05, 0) is 35.4 Å². The molecule has 2 unspecified atom stereocenters. The fourth-order valence-corrected chi connectivity index (χ4v) is 3.22. The van der Waals surface area contributed by atoms with Gasteiger partial charge in [0, 0.05) is 11.9 Å². The van der Waals surface area contributed by atoms with Gasteiger partial charge in [-0.3, -0.25) is 9.59 Å². The zero-order valence-electron chi connectivity index (χ0n) is 17.2. The first kappa shape index (κ1) is 22.3. The van der Waals surface area contributed by atoms with Gasteiger partial charge in [-0.2, -0.15) is 5.10 Å². The molecule has 0 saturated heterocycles. The van der Waals surface area contributed by atoms with E-state index in [1.165, 1.54) is 13.3 Å². The molecule has 1 amide bonds. The number of halogens is 1. The quantitative estimate of drug-likeness (QED) is 0.509. The molecule has 31 heavy (non-hydrogen) atoms. The molecule has 0 bridgehead atoms. The zero-order valence-corrected chi connectivity index (χ0v) is 18.0. The third-order valence-corrected chi connectivity index (χ3v) is 4.85. The Bertz CT molecular complexity index is 991. The minimum atomic E-state index is -0.597.